The second-order valence-corrected chi connectivity index (χ2v) is 31.3. The fraction of sp³-hybridized carbons (Fsp3) is 0.0642. The van der Waals surface area contributed by atoms with Gasteiger partial charge in [-0.3, -0.25) is 0 Å². The van der Waals surface area contributed by atoms with E-state index in [0.29, 0.717) is 0 Å². The van der Waals surface area contributed by atoms with Crippen molar-refractivity contribution < 1.29 is 4.11 Å². The van der Waals surface area contributed by atoms with Gasteiger partial charge in [0.05, 0.1) is 33.4 Å². The van der Waals surface area contributed by atoms with Crippen LogP contribution >= 0.6 is 0 Å². The Hall–Kier alpha value is -14.0. The molecule has 0 unspecified atom stereocenters. The molecule has 2 aliphatic rings. The van der Waals surface area contributed by atoms with Gasteiger partial charge in [-0.25, -0.2) is 0 Å². The highest BCUT2D eigenvalue weighted by Crippen LogP contribution is 2.55. The molecular formula is C109H81BN4. The van der Waals surface area contributed by atoms with E-state index in [1.54, 1.807) is 0 Å². The van der Waals surface area contributed by atoms with E-state index in [9.17, 15) is 4.11 Å². The van der Waals surface area contributed by atoms with Crippen LogP contribution < -0.4 is 26.2 Å². The molecule has 0 aliphatic carbocycles. The summed E-state index contributed by atoms with van der Waals surface area (Å²) in [6.07, 6.45) is 0. The van der Waals surface area contributed by atoms with Gasteiger partial charge in [-0.05, 0) is 228 Å². The van der Waals surface area contributed by atoms with Crippen LogP contribution in [0.15, 0.2) is 388 Å². The fourth-order valence-corrected chi connectivity index (χ4v) is 18.5. The van der Waals surface area contributed by atoms with Crippen LogP contribution in [0, 0.1) is 6.85 Å². The minimum absolute atomic E-state index is 0.116. The average Bonchev–Trinajstić information content (AvgIpc) is 0.880. The molecule has 0 spiro atoms. The van der Waals surface area contributed by atoms with Gasteiger partial charge in [-0.15, -0.1) is 0 Å². The van der Waals surface area contributed by atoms with Gasteiger partial charge in [0.25, 0.3) is 6.71 Å². The number of nitrogens with zero attached hydrogens (tertiary/aromatic N) is 4. The molecule has 4 nitrogen and oxygen atoms in total. The number of hydrogen-bond acceptors (Lipinski definition) is 2. The third kappa shape index (κ3) is 11.4. The monoisotopic (exact) mass is 1460 g/mol. The Kier molecular flexibility index (Phi) is 15.8. The number of aromatic nitrogens is 2. The van der Waals surface area contributed by atoms with E-state index in [1.165, 1.54) is 11.1 Å². The number of hydrogen-bond donors (Lipinski definition) is 0. The standard InChI is InChI=1S/C109H81BN4/c1-70(2)85-64-93(75-34-14-8-15-35-75)108(95(66-85)83-44-28-42-81(62-83)79-40-26-38-77(60-79)73-30-10-6-11-31-73)113-103-68-87(111-99-50-22-18-46-89(99)90-47-19-23-51-100(90)111)54-56-97(103)110-98-57-55-88(112-101-52-24-20-48-91(101)92-49-21-25-53-102(92)112)69-104(98)114(106-59-72(5)58-105(113)107(106)110)109-94(76-36-16-9-17-37-76)65-86(71(3)4)67-96(109)84-45-29-43-82(63-84)80-41-27-39-78(61-80)74-32-12-7-13-33-74/h6-71H,1-5H3/i5D3. The molecule has 0 N–H and O–H groups in total. The van der Waals surface area contributed by atoms with Crippen molar-refractivity contribution in [2.24, 2.45) is 0 Å². The molecule has 0 amide bonds. The summed E-state index contributed by atoms with van der Waals surface area (Å²) in [4.78, 5) is 5.01. The van der Waals surface area contributed by atoms with Gasteiger partial charge in [0.15, 0.2) is 0 Å². The Morgan fingerprint density at radius 3 is 0.860 bits per heavy atom. The Bertz CT molecular complexity index is 6620. The lowest BCUT2D eigenvalue weighted by Crippen LogP contribution is -2.61. The number of fused-ring (bicyclic) bond motifs is 10. The molecule has 21 rings (SSSR count). The summed E-state index contributed by atoms with van der Waals surface area (Å²) in [6, 6.07) is 142. The van der Waals surface area contributed by atoms with E-state index < -0.39 is 13.6 Å². The normalized spacial score (nSPS) is 12.9. The van der Waals surface area contributed by atoms with Gasteiger partial charge >= 0.3 is 0 Å². The Morgan fingerprint density at radius 2 is 0.526 bits per heavy atom. The SMILES string of the molecule is [2H]C([2H])([2H])c1cc2c3c(c1)N(c1c(-c4ccccc4)cc(C(C)C)cc1-c1cccc(-c4cccc(-c5ccccc5)c4)c1)c1cc(-n4c5ccccc5c5ccccc54)ccc1B3c1ccc(-n3c4ccccc4c4ccccc43)cc1N2c1c(-c2ccccc2)cc(C(C)C)cc1-c1cccc(-c2cccc(-c3ccccc3)c2)c1. The molecule has 0 radical (unpaired) electrons. The second kappa shape index (κ2) is 27.8. The number of benzene rings is 17. The van der Waals surface area contributed by atoms with Gasteiger partial charge in [0.2, 0.25) is 0 Å². The zero-order valence-corrected chi connectivity index (χ0v) is 64.0. The molecular weight excluding hydrogens is 1380 g/mol. The van der Waals surface area contributed by atoms with E-state index in [4.69, 9.17) is 0 Å². The van der Waals surface area contributed by atoms with Crippen molar-refractivity contribution in [1.82, 2.24) is 9.13 Å². The quantitative estimate of drug-likeness (QED) is 0.101. The highest BCUT2D eigenvalue weighted by atomic mass is 15.2. The summed E-state index contributed by atoms with van der Waals surface area (Å²) in [5, 5.41) is 4.64. The maximum absolute atomic E-state index is 10.1. The van der Waals surface area contributed by atoms with Crippen molar-refractivity contribution in [1.29, 1.82) is 0 Å². The first kappa shape index (κ1) is 64.8. The molecule has 2 aliphatic heterocycles. The van der Waals surface area contributed by atoms with Gasteiger partial charge in [-0.1, -0.05) is 307 Å². The predicted molar refractivity (Wildman–Crippen MR) is 486 cm³/mol. The summed E-state index contributed by atoms with van der Waals surface area (Å²) in [5.74, 6) is 0.232. The molecule has 17 aromatic carbocycles. The van der Waals surface area contributed by atoms with Crippen molar-refractivity contribution >= 4 is 101 Å². The molecule has 4 heterocycles. The van der Waals surface area contributed by atoms with Crippen LogP contribution in [-0.4, -0.2) is 15.8 Å². The zero-order chi connectivity index (χ0) is 78.7. The summed E-state index contributed by atoms with van der Waals surface area (Å²) in [5.41, 5.74) is 34.4. The predicted octanol–water partition coefficient (Wildman–Crippen LogP) is 27.9. The summed E-state index contributed by atoms with van der Waals surface area (Å²) in [6.45, 7) is 6.07. The molecule has 0 atom stereocenters. The lowest BCUT2D eigenvalue weighted by Gasteiger charge is -2.46. The van der Waals surface area contributed by atoms with Crippen LogP contribution in [0.1, 0.15) is 60.3 Å². The highest BCUT2D eigenvalue weighted by Gasteiger charge is 2.46. The Labute approximate surface area is 671 Å². The van der Waals surface area contributed by atoms with Gasteiger partial charge in [-0.2, -0.15) is 0 Å². The van der Waals surface area contributed by atoms with Crippen LogP contribution in [0.3, 0.4) is 0 Å². The first-order valence-corrected chi connectivity index (χ1v) is 39.9. The largest absolute Gasteiger partial charge is 0.310 e. The van der Waals surface area contributed by atoms with Gasteiger partial charge in [0.1, 0.15) is 0 Å². The van der Waals surface area contributed by atoms with Gasteiger partial charge in [0, 0.05) is 82.0 Å². The van der Waals surface area contributed by atoms with Crippen LogP contribution in [0.25, 0.3) is 144 Å². The van der Waals surface area contributed by atoms with Crippen LogP contribution in [0.5, 0.6) is 0 Å². The first-order valence-electron chi connectivity index (χ1n) is 41.4. The Morgan fingerprint density at radius 1 is 0.246 bits per heavy atom. The van der Waals surface area contributed by atoms with Crippen LogP contribution in [-0.2, 0) is 0 Å². The van der Waals surface area contributed by atoms with Crippen molar-refractivity contribution in [2.45, 2.75) is 46.4 Å². The number of rotatable bonds is 14. The third-order valence-electron chi connectivity index (χ3n) is 23.9. The van der Waals surface area contributed by atoms with Gasteiger partial charge < -0.3 is 18.9 Å². The zero-order valence-electron chi connectivity index (χ0n) is 67.0. The van der Waals surface area contributed by atoms with Crippen molar-refractivity contribution in [2.75, 3.05) is 9.80 Å². The Balaban J connectivity index is 0.911. The minimum Gasteiger partial charge on any atom is -0.310 e. The third-order valence-corrected chi connectivity index (χ3v) is 23.9. The van der Waals surface area contributed by atoms with E-state index in [-0.39, 0.29) is 17.4 Å². The summed E-state index contributed by atoms with van der Waals surface area (Å²) >= 11 is 0. The molecule has 0 saturated carbocycles. The maximum atomic E-state index is 10.1. The van der Waals surface area contributed by atoms with E-state index in [0.717, 1.165) is 195 Å². The molecule has 0 saturated heterocycles. The van der Waals surface area contributed by atoms with E-state index >= 15 is 0 Å². The molecule has 5 heteroatoms. The summed E-state index contributed by atoms with van der Waals surface area (Å²) in [7, 11) is 0. The highest BCUT2D eigenvalue weighted by molar-refractivity contribution is 7.00. The molecule has 2 aromatic heterocycles. The molecule has 0 fully saturated rings. The average molecular weight is 1460 g/mol. The minimum atomic E-state index is -2.63. The van der Waals surface area contributed by atoms with Crippen molar-refractivity contribution in [3.63, 3.8) is 0 Å². The van der Waals surface area contributed by atoms with Crippen molar-refractivity contribution in [3.8, 4) is 100 Å². The molecule has 114 heavy (non-hydrogen) atoms. The molecule has 19 aromatic rings. The number of aryl methyl sites for hydroxylation is 1. The smallest absolute Gasteiger partial charge is 0.252 e. The maximum Gasteiger partial charge on any atom is 0.252 e. The van der Waals surface area contributed by atoms with E-state index in [1.807, 2.05) is 12.1 Å². The van der Waals surface area contributed by atoms with E-state index in [2.05, 4.69) is 423 Å². The number of para-hydroxylation sites is 4. The lowest BCUT2D eigenvalue weighted by atomic mass is 9.33. The molecule has 0 bridgehead atoms. The lowest BCUT2D eigenvalue weighted by molar-refractivity contribution is 0.867. The summed E-state index contributed by atoms with van der Waals surface area (Å²) < 4.78 is 35.2. The fourth-order valence-electron chi connectivity index (χ4n) is 18.5. The van der Waals surface area contributed by atoms with Crippen LogP contribution in [0.2, 0.25) is 0 Å². The molecule has 540 valence electrons. The second-order valence-electron chi connectivity index (χ2n) is 31.3. The first-order chi connectivity index (χ1) is 57.3. The number of anilines is 6. The van der Waals surface area contributed by atoms with Crippen LogP contribution in [0.4, 0.5) is 34.1 Å². The van der Waals surface area contributed by atoms with Crippen molar-refractivity contribution in [3.05, 3.63) is 405 Å². The topological polar surface area (TPSA) is 16.3 Å².